The van der Waals surface area contributed by atoms with Crippen LogP contribution in [0.2, 0.25) is 0 Å². The van der Waals surface area contributed by atoms with Crippen LogP contribution in [-0.2, 0) is 0 Å². The van der Waals surface area contributed by atoms with Crippen molar-refractivity contribution < 1.29 is 14.6 Å². The summed E-state index contributed by atoms with van der Waals surface area (Å²) >= 11 is 0. The molecule has 1 atom stereocenters. The SMILES string of the molecule is CC=Cc1ccc(OCC(O)CNC(C)(C)CC(C)(C)C)c(OC)c1.Cl. The third kappa shape index (κ3) is 9.46. The molecule has 0 bridgehead atoms. The number of allylic oxidation sites excluding steroid dienone is 1. The number of halogens is 1. The first-order valence-electron chi connectivity index (χ1n) is 8.93. The topological polar surface area (TPSA) is 50.7 Å². The van der Waals surface area contributed by atoms with Crippen molar-refractivity contribution in [1.29, 1.82) is 0 Å². The number of rotatable bonds is 9. The molecule has 0 aliphatic rings. The number of nitrogens with one attached hydrogen (secondary N) is 1. The van der Waals surface area contributed by atoms with E-state index in [-0.39, 0.29) is 30.0 Å². The molecule has 0 amide bonds. The quantitative estimate of drug-likeness (QED) is 0.647. The highest BCUT2D eigenvalue weighted by Crippen LogP contribution is 2.29. The van der Waals surface area contributed by atoms with Crippen LogP contribution >= 0.6 is 12.4 Å². The number of ether oxygens (including phenoxy) is 2. The van der Waals surface area contributed by atoms with Crippen molar-refractivity contribution in [3.05, 3.63) is 29.8 Å². The van der Waals surface area contributed by atoms with Crippen LogP contribution in [0, 0.1) is 5.41 Å². The van der Waals surface area contributed by atoms with E-state index in [1.807, 2.05) is 37.3 Å². The Bertz CT molecular complexity index is 565. The minimum Gasteiger partial charge on any atom is -0.493 e. The average molecular weight is 386 g/mol. The van der Waals surface area contributed by atoms with Gasteiger partial charge in [-0.3, -0.25) is 0 Å². The summed E-state index contributed by atoms with van der Waals surface area (Å²) in [6.07, 6.45) is 4.42. The number of hydrogen-bond acceptors (Lipinski definition) is 4. The van der Waals surface area contributed by atoms with E-state index in [9.17, 15) is 5.11 Å². The highest BCUT2D eigenvalue weighted by molar-refractivity contribution is 5.85. The predicted octanol–water partition coefficient (Wildman–Crippen LogP) is 4.69. The molecule has 2 N–H and O–H groups in total. The second-order valence-electron chi connectivity index (χ2n) is 8.38. The lowest BCUT2D eigenvalue weighted by Crippen LogP contribution is -2.46. The number of hydrogen-bond donors (Lipinski definition) is 2. The van der Waals surface area contributed by atoms with Gasteiger partial charge in [0.2, 0.25) is 0 Å². The smallest absolute Gasteiger partial charge is 0.161 e. The van der Waals surface area contributed by atoms with Crippen molar-refractivity contribution in [3.8, 4) is 11.5 Å². The van der Waals surface area contributed by atoms with E-state index in [4.69, 9.17) is 9.47 Å². The highest BCUT2D eigenvalue weighted by Gasteiger charge is 2.25. The van der Waals surface area contributed by atoms with Crippen LogP contribution in [0.5, 0.6) is 11.5 Å². The molecule has 1 rings (SSSR count). The minimum atomic E-state index is -0.584. The van der Waals surface area contributed by atoms with Gasteiger partial charge < -0.3 is 19.9 Å². The Morgan fingerprint density at radius 2 is 1.81 bits per heavy atom. The summed E-state index contributed by atoms with van der Waals surface area (Å²) in [4.78, 5) is 0. The fourth-order valence-electron chi connectivity index (χ4n) is 3.13. The Balaban J connectivity index is 0.00000625. The largest absolute Gasteiger partial charge is 0.493 e. The van der Waals surface area contributed by atoms with E-state index in [0.29, 0.717) is 18.0 Å². The number of methoxy groups -OCH3 is 1. The van der Waals surface area contributed by atoms with Crippen LogP contribution in [0.3, 0.4) is 0 Å². The maximum atomic E-state index is 10.2. The summed E-state index contributed by atoms with van der Waals surface area (Å²) in [5.74, 6) is 1.31. The third-order valence-corrected chi connectivity index (χ3v) is 3.77. The van der Waals surface area contributed by atoms with Crippen molar-refractivity contribution in [2.24, 2.45) is 5.41 Å². The maximum Gasteiger partial charge on any atom is 0.161 e. The van der Waals surface area contributed by atoms with Crippen molar-refractivity contribution in [3.63, 3.8) is 0 Å². The monoisotopic (exact) mass is 385 g/mol. The molecule has 0 saturated heterocycles. The summed E-state index contributed by atoms with van der Waals surface area (Å²) in [6.45, 7) is 13.7. The van der Waals surface area contributed by atoms with E-state index < -0.39 is 6.10 Å². The van der Waals surface area contributed by atoms with Crippen molar-refractivity contribution in [2.75, 3.05) is 20.3 Å². The Kier molecular flexibility index (Phi) is 10.3. The van der Waals surface area contributed by atoms with Crippen molar-refractivity contribution in [2.45, 2.75) is 59.6 Å². The standard InChI is InChI=1S/C21H35NO3.ClH/c1-8-9-16-10-11-18(19(12-16)24-7)25-14-17(23)13-22-21(5,6)15-20(2,3)4;/h8-12,17,22-23H,13-15H2,1-7H3;1H. The van der Waals surface area contributed by atoms with Crippen LogP contribution in [0.15, 0.2) is 24.3 Å². The fourth-order valence-corrected chi connectivity index (χ4v) is 3.13. The summed E-state index contributed by atoms with van der Waals surface area (Å²) in [6, 6.07) is 5.76. The van der Waals surface area contributed by atoms with Crippen LogP contribution in [0.4, 0.5) is 0 Å². The molecule has 26 heavy (non-hydrogen) atoms. The molecule has 5 heteroatoms. The molecule has 0 aromatic heterocycles. The number of aliphatic hydroxyl groups excluding tert-OH is 1. The molecule has 0 fully saturated rings. The Morgan fingerprint density at radius 3 is 2.35 bits per heavy atom. The second-order valence-corrected chi connectivity index (χ2v) is 8.38. The Hall–Kier alpha value is -1.23. The lowest BCUT2D eigenvalue weighted by Gasteiger charge is -2.34. The molecule has 4 nitrogen and oxygen atoms in total. The molecule has 1 aromatic carbocycles. The van der Waals surface area contributed by atoms with E-state index in [1.54, 1.807) is 7.11 Å². The van der Waals surface area contributed by atoms with Gasteiger partial charge in [0.25, 0.3) is 0 Å². The van der Waals surface area contributed by atoms with E-state index in [1.165, 1.54) is 0 Å². The van der Waals surface area contributed by atoms with Gasteiger partial charge in [0, 0.05) is 12.1 Å². The molecular weight excluding hydrogens is 350 g/mol. The molecule has 1 unspecified atom stereocenters. The Labute approximate surface area is 165 Å². The lowest BCUT2D eigenvalue weighted by molar-refractivity contribution is 0.0930. The second kappa shape index (κ2) is 10.8. The molecular formula is C21H36ClNO3. The number of benzene rings is 1. The number of aliphatic hydroxyl groups is 1. The average Bonchev–Trinajstić information content (AvgIpc) is 2.49. The minimum absolute atomic E-state index is 0. The number of β-amino-alcohol motifs (C(OH)–C–C–N with tert-alkyl or cyclic N) is 1. The van der Waals surface area contributed by atoms with Crippen molar-refractivity contribution >= 4 is 18.5 Å². The molecule has 0 heterocycles. The van der Waals surface area contributed by atoms with Gasteiger partial charge in [0.05, 0.1) is 7.11 Å². The van der Waals surface area contributed by atoms with E-state index in [2.05, 4.69) is 39.9 Å². The molecule has 0 spiro atoms. The summed E-state index contributed by atoms with van der Waals surface area (Å²) < 4.78 is 11.1. The van der Waals surface area contributed by atoms with Crippen LogP contribution in [0.25, 0.3) is 6.08 Å². The molecule has 0 aliphatic carbocycles. The molecule has 0 saturated carbocycles. The van der Waals surface area contributed by atoms with Gasteiger partial charge in [-0.25, -0.2) is 0 Å². The van der Waals surface area contributed by atoms with Gasteiger partial charge in [-0.2, -0.15) is 0 Å². The molecule has 1 aromatic rings. The zero-order valence-corrected chi connectivity index (χ0v) is 18.1. The molecule has 0 aliphatic heterocycles. The first-order valence-corrected chi connectivity index (χ1v) is 8.93. The first kappa shape index (κ1) is 24.8. The van der Waals surface area contributed by atoms with Gasteiger partial charge >= 0.3 is 0 Å². The maximum absolute atomic E-state index is 10.2. The third-order valence-electron chi connectivity index (χ3n) is 3.77. The van der Waals surface area contributed by atoms with Gasteiger partial charge in [-0.1, -0.05) is 39.0 Å². The first-order chi connectivity index (χ1) is 11.6. The van der Waals surface area contributed by atoms with E-state index >= 15 is 0 Å². The summed E-state index contributed by atoms with van der Waals surface area (Å²) in [5.41, 5.74) is 1.25. The van der Waals surface area contributed by atoms with Gasteiger partial charge in [-0.05, 0) is 50.3 Å². The molecule has 0 radical (unpaired) electrons. The summed E-state index contributed by atoms with van der Waals surface area (Å²) in [7, 11) is 1.62. The summed E-state index contributed by atoms with van der Waals surface area (Å²) in [5, 5.41) is 13.7. The predicted molar refractivity (Wildman–Crippen MR) is 113 cm³/mol. The fraction of sp³-hybridized carbons (Fsp3) is 0.619. The lowest BCUT2D eigenvalue weighted by atomic mass is 9.82. The zero-order chi connectivity index (χ0) is 19.1. The van der Waals surface area contributed by atoms with Gasteiger partial charge in [0.15, 0.2) is 11.5 Å². The van der Waals surface area contributed by atoms with Crippen LogP contribution in [0.1, 0.15) is 53.5 Å². The van der Waals surface area contributed by atoms with Crippen molar-refractivity contribution in [1.82, 2.24) is 5.32 Å². The Morgan fingerprint density at radius 1 is 1.15 bits per heavy atom. The molecule has 150 valence electrons. The zero-order valence-electron chi connectivity index (χ0n) is 17.3. The van der Waals surface area contributed by atoms with E-state index in [0.717, 1.165) is 12.0 Å². The highest BCUT2D eigenvalue weighted by atomic mass is 35.5. The van der Waals surface area contributed by atoms with Gasteiger partial charge in [-0.15, -0.1) is 12.4 Å². The van der Waals surface area contributed by atoms with Crippen LogP contribution in [-0.4, -0.2) is 37.0 Å². The van der Waals surface area contributed by atoms with Gasteiger partial charge in [0.1, 0.15) is 12.7 Å². The van der Waals surface area contributed by atoms with Crippen LogP contribution < -0.4 is 14.8 Å². The normalized spacial score (nSPS) is 13.4.